The third-order valence-corrected chi connectivity index (χ3v) is 6.64. The first-order chi connectivity index (χ1) is 16.6. The number of ether oxygens (including phenoxy) is 1. The Morgan fingerprint density at radius 2 is 1.26 bits per heavy atom. The van der Waals surface area contributed by atoms with Gasteiger partial charge in [0.2, 0.25) is 0 Å². The zero-order chi connectivity index (χ0) is 24.2. The predicted octanol–water partition coefficient (Wildman–Crippen LogP) is 9.06. The minimum Gasteiger partial charge on any atom is -0.423 e. The number of benzene rings is 3. The number of esters is 1. The van der Waals surface area contributed by atoms with Gasteiger partial charge in [0.1, 0.15) is 5.75 Å². The van der Waals surface area contributed by atoms with E-state index in [1.54, 1.807) is 0 Å². The number of hydrogen-bond donors (Lipinski definition) is 0. The molecule has 1 atom stereocenters. The van der Waals surface area contributed by atoms with E-state index < -0.39 is 0 Å². The summed E-state index contributed by atoms with van der Waals surface area (Å²) in [6.07, 6.45) is 11.3. The van der Waals surface area contributed by atoms with Crippen molar-refractivity contribution in [2.75, 3.05) is 0 Å². The molecular formula is C32H40O2. The van der Waals surface area contributed by atoms with Crippen LogP contribution in [0.1, 0.15) is 87.2 Å². The van der Waals surface area contributed by atoms with Gasteiger partial charge in [0, 0.05) is 0 Å². The number of unbranched alkanes of at least 4 members (excludes halogenated alkanes) is 5. The minimum atomic E-state index is -0.324. The van der Waals surface area contributed by atoms with Crippen LogP contribution in [0.25, 0.3) is 11.1 Å². The number of rotatable bonds is 13. The lowest BCUT2D eigenvalue weighted by Crippen LogP contribution is -2.08. The molecule has 0 aliphatic carbocycles. The van der Waals surface area contributed by atoms with E-state index in [0.29, 0.717) is 17.2 Å². The Labute approximate surface area is 206 Å². The fourth-order valence-electron chi connectivity index (χ4n) is 4.18. The van der Waals surface area contributed by atoms with Gasteiger partial charge in [0.25, 0.3) is 0 Å². The van der Waals surface area contributed by atoms with E-state index in [0.717, 1.165) is 24.8 Å². The second-order valence-corrected chi connectivity index (χ2v) is 9.54. The first kappa shape index (κ1) is 25.7. The van der Waals surface area contributed by atoms with Crippen molar-refractivity contribution in [2.24, 2.45) is 5.92 Å². The van der Waals surface area contributed by atoms with Crippen LogP contribution >= 0.6 is 0 Å². The lowest BCUT2D eigenvalue weighted by Gasteiger charge is -2.10. The first-order valence-electron chi connectivity index (χ1n) is 13.1. The highest BCUT2D eigenvalue weighted by Gasteiger charge is 2.10. The molecule has 0 N–H and O–H groups in total. The van der Waals surface area contributed by atoms with E-state index >= 15 is 0 Å². The summed E-state index contributed by atoms with van der Waals surface area (Å²) in [5.74, 6) is 0.918. The maximum atomic E-state index is 12.6. The lowest BCUT2D eigenvalue weighted by atomic mass is 9.99. The van der Waals surface area contributed by atoms with Crippen LogP contribution < -0.4 is 4.74 Å². The van der Waals surface area contributed by atoms with Crippen molar-refractivity contribution in [2.45, 2.75) is 78.6 Å². The quantitative estimate of drug-likeness (QED) is 0.146. The molecule has 2 heteroatoms. The Balaban J connectivity index is 1.50. The Morgan fingerprint density at radius 3 is 1.88 bits per heavy atom. The molecule has 0 aromatic heterocycles. The van der Waals surface area contributed by atoms with Crippen molar-refractivity contribution >= 4 is 5.97 Å². The summed E-state index contributed by atoms with van der Waals surface area (Å²) in [7, 11) is 0. The predicted molar refractivity (Wildman–Crippen MR) is 144 cm³/mol. The van der Waals surface area contributed by atoms with Crippen LogP contribution in [-0.4, -0.2) is 5.97 Å². The molecule has 3 aromatic rings. The molecule has 3 aromatic carbocycles. The summed E-state index contributed by atoms with van der Waals surface area (Å²) < 4.78 is 5.58. The lowest BCUT2D eigenvalue weighted by molar-refractivity contribution is 0.0734. The highest BCUT2D eigenvalue weighted by atomic mass is 16.5. The van der Waals surface area contributed by atoms with E-state index in [2.05, 4.69) is 45.0 Å². The van der Waals surface area contributed by atoms with Gasteiger partial charge in [-0.1, -0.05) is 108 Å². The van der Waals surface area contributed by atoms with Crippen LogP contribution in [0, 0.1) is 5.92 Å². The van der Waals surface area contributed by atoms with Crippen LogP contribution in [0.4, 0.5) is 0 Å². The Hall–Kier alpha value is -2.87. The highest BCUT2D eigenvalue weighted by molar-refractivity contribution is 5.91. The molecule has 1 unspecified atom stereocenters. The maximum Gasteiger partial charge on any atom is 0.343 e. The SMILES string of the molecule is CCCCCCCCc1ccc(-c2ccc(C(=O)Oc3ccc(CC(C)CC)cc3)cc2)cc1. The van der Waals surface area contributed by atoms with Gasteiger partial charge in [-0.3, -0.25) is 0 Å². The van der Waals surface area contributed by atoms with E-state index in [-0.39, 0.29) is 5.97 Å². The standard InChI is InChI=1S/C32H40O2/c1-4-6-7-8-9-10-11-26-12-16-28(17-13-26)29-18-20-30(21-19-29)32(33)34-31-22-14-27(15-23-31)24-25(3)5-2/h12-23,25H,4-11,24H2,1-3H3. The van der Waals surface area contributed by atoms with Gasteiger partial charge in [-0.05, 0) is 71.7 Å². The summed E-state index contributed by atoms with van der Waals surface area (Å²) in [5.41, 5.74) is 5.51. The van der Waals surface area contributed by atoms with Crippen LogP contribution in [0.3, 0.4) is 0 Å². The molecular weight excluding hydrogens is 416 g/mol. The zero-order valence-electron chi connectivity index (χ0n) is 21.2. The molecule has 180 valence electrons. The van der Waals surface area contributed by atoms with E-state index in [9.17, 15) is 4.79 Å². The Morgan fingerprint density at radius 1 is 0.706 bits per heavy atom. The van der Waals surface area contributed by atoms with Gasteiger partial charge >= 0.3 is 5.97 Å². The van der Waals surface area contributed by atoms with Gasteiger partial charge in [-0.25, -0.2) is 4.79 Å². The van der Waals surface area contributed by atoms with Crippen LogP contribution in [0.5, 0.6) is 5.75 Å². The molecule has 34 heavy (non-hydrogen) atoms. The molecule has 0 aliphatic heterocycles. The maximum absolute atomic E-state index is 12.6. The summed E-state index contributed by atoms with van der Waals surface area (Å²) in [4.78, 5) is 12.6. The molecule has 0 spiro atoms. The molecule has 0 heterocycles. The molecule has 0 radical (unpaired) electrons. The second kappa shape index (κ2) is 13.7. The summed E-state index contributed by atoms with van der Waals surface area (Å²) >= 11 is 0. The fourth-order valence-corrected chi connectivity index (χ4v) is 4.18. The highest BCUT2D eigenvalue weighted by Crippen LogP contribution is 2.23. The van der Waals surface area contributed by atoms with Crippen molar-refractivity contribution in [3.05, 3.63) is 89.5 Å². The molecule has 2 nitrogen and oxygen atoms in total. The Bertz CT molecular complexity index is 985. The smallest absolute Gasteiger partial charge is 0.343 e. The van der Waals surface area contributed by atoms with Gasteiger partial charge in [0.05, 0.1) is 5.56 Å². The van der Waals surface area contributed by atoms with Crippen molar-refractivity contribution in [1.82, 2.24) is 0 Å². The number of carbonyl (C=O) groups is 1. The van der Waals surface area contributed by atoms with Gasteiger partial charge in [-0.15, -0.1) is 0 Å². The van der Waals surface area contributed by atoms with Crippen molar-refractivity contribution in [3.8, 4) is 16.9 Å². The summed E-state index contributed by atoms with van der Waals surface area (Å²) in [6.45, 7) is 6.72. The van der Waals surface area contributed by atoms with Gasteiger partial charge < -0.3 is 4.74 Å². The number of aryl methyl sites for hydroxylation is 1. The summed E-state index contributed by atoms with van der Waals surface area (Å²) in [6, 6.07) is 24.4. The summed E-state index contributed by atoms with van der Waals surface area (Å²) in [5, 5.41) is 0. The number of hydrogen-bond acceptors (Lipinski definition) is 2. The third-order valence-electron chi connectivity index (χ3n) is 6.64. The van der Waals surface area contributed by atoms with E-state index in [1.165, 1.54) is 55.2 Å². The fraction of sp³-hybridized carbons (Fsp3) is 0.406. The second-order valence-electron chi connectivity index (χ2n) is 9.54. The normalized spacial score (nSPS) is 11.9. The minimum absolute atomic E-state index is 0.324. The molecule has 0 amide bonds. The molecule has 0 fully saturated rings. The zero-order valence-corrected chi connectivity index (χ0v) is 21.2. The van der Waals surface area contributed by atoms with Crippen LogP contribution in [0.15, 0.2) is 72.8 Å². The van der Waals surface area contributed by atoms with Crippen LogP contribution in [0.2, 0.25) is 0 Å². The van der Waals surface area contributed by atoms with Crippen LogP contribution in [-0.2, 0) is 12.8 Å². The van der Waals surface area contributed by atoms with Gasteiger partial charge in [0.15, 0.2) is 0 Å². The third kappa shape index (κ3) is 8.17. The molecule has 0 saturated heterocycles. The van der Waals surface area contributed by atoms with Crippen molar-refractivity contribution in [3.63, 3.8) is 0 Å². The number of carbonyl (C=O) groups excluding carboxylic acids is 1. The van der Waals surface area contributed by atoms with Crippen molar-refractivity contribution < 1.29 is 9.53 Å². The Kier molecular flexibility index (Phi) is 10.4. The van der Waals surface area contributed by atoms with E-state index in [4.69, 9.17) is 4.74 Å². The first-order valence-corrected chi connectivity index (χ1v) is 13.1. The molecule has 0 bridgehead atoms. The van der Waals surface area contributed by atoms with Gasteiger partial charge in [-0.2, -0.15) is 0 Å². The molecule has 0 saturated carbocycles. The van der Waals surface area contributed by atoms with Crippen molar-refractivity contribution in [1.29, 1.82) is 0 Å². The molecule has 0 aliphatic rings. The largest absolute Gasteiger partial charge is 0.423 e. The molecule has 3 rings (SSSR count). The average Bonchev–Trinajstić information content (AvgIpc) is 2.87. The monoisotopic (exact) mass is 456 g/mol. The average molecular weight is 457 g/mol. The van der Waals surface area contributed by atoms with E-state index in [1.807, 2.05) is 48.5 Å². The topological polar surface area (TPSA) is 26.3 Å².